The Hall–Kier alpha value is -2.03. The molecule has 128 valence electrons. The molecule has 1 atom stereocenters. The van der Waals surface area contributed by atoms with Crippen LogP contribution in [0.1, 0.15) is 5.56 Å². The summed E-state index contributed by atoms with van der Waals surface area (Å²) in [7, 11) is 0. The molecule has 0 aromatic heterocycles. The smallest absolute Gasteiger partial charge is 0.306 e. The number of anilines is 1. The third-order valence-electron chi connectivity index (χ3n) is 3.18. The highest BCUT2D eigenvalue weighted by molar-refractivity contribution is 9.10. The van der Waals surface area contributed by atoms with Crippen LogP contribution in [0.25, 0.3) is 0 Å². The Labute approximate surface area is 146 Å². The molecule has 0 unspecified atom stereocenters. The highest BCUT2D eigenvalue weighted by Crippen LogP contribution is 2.30. The van der Waals surface area contributed by atoms with Crippen LogP contribution in [0.4, 0.5) is 15.8 Å². The number of nitrogens with zero attached hydrogens (tertiary/aromatic N) is 1. The van der Waals surface area contributed by atoms with Gasteiger partial charge in [-0.2, -0.15) is 4.39 Å². The first kappa shape index (κ1) is 18.3. The summed E-state index contributed by atoms with van der Waals surface area (Å²) in [6.07, 6.45) is -0.807. The maximum Gasteiger partial charge on any atom is 0.306 e. The summed E-state index contributed by atoms with van der Waals surface area (Å²) >= 11 is 3.14. The number of nitrogens with one attached hydrogen (secondary N) is 1. The van der Waals surface area contributed by atoms with E-state index in [0.717, 1.165) is 17.7 Å². The summed E-state index contributed by atoms with van der Waals surface area (Å²) in [4.78, 5) is 9.86. The van der Waals surface area contributed by atoms with Crippen molar-refractivity contribution < 1.29 is 19.2 Å². The van der Waals surface area contributed by atoms with Gasteiger partial charge in [-0.3, -0.25) is 10.1 Å². The molecule has 2 rings (SSSR count). The van der Waals surface area contributed by atoms with E-state index in [1.54, 1.807) is 0 Å². The second-order valence-corrected chi connectivity index (χ2v) is 5.93. The normalized spacial score (nSPS) is 12.0. The van der Waals surface area contributed by atoms with Gasteiger partial charge in [-0.05, 0) is 21.5 Å². The van der Waals surface area contributed by atoms with Crippen LogP contribution in [0.3, 0.4) is 0 Å². The van der Waals surface area contributed by atoms with E-state index in [4.69, 9.17) is 4.74 Å². The van der Waals surface area contributed by atoms with Crippen molar-refractivity contribution in [2.24, 2.45) is 0 Å². The lowest BCUT2D eigenvalue weighted by Crippen LogP contribution is -2.25. The summed E-state index contributed by atoms with van der Waals surface area (Å²) in [5, 5.41) is 23.4. The van der Waals surface area contributed by atoms with E-state index < -0.39 is 22.5 Å². The molecule has 0 fully saturated rings. The fourth-order valence-electron chi connectivity index (χ4n) is 1.99. The minimum atomic E-state index is -0.944. The van der Waals surface area contributed by atoms with Crippen molar-refractivity contribution in [1.82, 2.24) is 0 Å². The van der Waals surface area contributed by atoms with Crippen LogP contribution in [0, 0.1) is 15.9 Å². The quantitative estimate of drug-likeness (QED) is 0.525. The Bertz CT molecular complexity index is 700. The average molecular weight is 399 g/mol. The van der Waals surface area contributed by atoms with Crippen LogP contribution in [0.5, 0.6) is 0 Å². The summed E-state index contributed by atoms with van der Waals surface area (Å²) in [6, 6.07) is 11.6. The second kappa shape index (κ2) is 8.72. The van der Waals surface area contributed by atoms with Gasteiger partial charge in [-0.1, -0.05) is 30.3 Å². The zero-order chi connectivity index (χ0) is 17.5. The monoisotopic (exact) mass is 398 g/mol. The van der Waals surface area contributed by atoms with Gasteiger partial charge in [-0.15, -0.1) is 0 Å². The molecule has 6 nitrogen and oxygen atoms in total. The van der Waals surface area contributed by atoms with Crippen LogP contribution in [-0.2, 0) is 11.3 Å². The molecule has 0 saturated heterocycles. The Morgan fingerprint density at radius 1 is 1.33 bits per heavy atom. The van der Waals surface area contributed by atoms with Gasteiger partial charge in [0.2, 0.25) is 5.82 Å². The van der Waals surface area contributed by atoms with E-state index in [1.807, 2.05) is 30.3 Å². The average Bonchev–Trinajstić information content (AvgIpc) is 2.56. The molecule has 2 N–H and O–H groups in total. The summed E-state index contributed by atoms with van der Waals surface area (Å²) in [5.41, 5.74) is 0.706. The number of aliphatic hydroxyl groups is 1. The number of rotatable bonds is 8. The standard InChI is InChI=1S/C16H16BrFN2O4/c17-13-6-16(20(22)23)14(18)7-15(13)19-8-12(21)10-24-9-11-4-2-1-3-5-11/h1-7,12,19,21H,8-10H2/t12-/m1/s1. The maximum atomic E-state index is 13.6. The van der Waals surface area contributed by atoms with Crippen LogP contribution < -0.4 is 5.32 Å². The van der Waals surface area contributed by atoms with E-state index >= 15 is 0 Å². The minimum Gasteiger partial charge on any atom is -0.389 e. The number of ether oxygens (including phenoxy) is 1. The largest absolute Gasteiger partial charge is 0.389 e. The van der Waals surface area contributed by atoms with Crippen LogP contribution in [-0.4, -0.2) is 29.3 Å². The predicted molar refractivity (Wildman–Crippen MR) is 91.3 cm³/mol. The molecule has 0 amide bonds. The molecule has 0 aliphatic rings. The van der Waals surface area contributed by atoms with Crippen molar-refractivity contribution >= 4 is 27.3 Å². The van der Waals surface area contributed by atoms with E-state index in [1.165, 1.54) is 0 Å². The van der Waals surface area contributed by atoms with Gasteiger partial charge >= 0.3 is 5.69 Å². The molecular formula is C16H16BrFN2O4. The summed E-state index contributed by atoms with van der Waals surface area (Å²) in [6.45, 7) is 0.605. The third kappa shape index (κ3) is 5.26. The molecule has 0 aliphatic heterocycles. The molecule has 0 bridgehead atoms. The number of aliphatic hydroxyl groups excluding tert-OH is 1. The first-order valence-electron chi connectivity index (χ1n) is 7.14. The molecule has 8 heteroatoms. The molecule has 0 spiro atoms. The topological polar surface area (TPSA) is 84.6 Å². The first-order chi connectivity index (χ1) is 11.5. The number of hydrogen-bond acceptors (Lipinski definition) is 5. The minimum absolute atomic E-state index is 0.106. The Balaban J connectivity index is 1.82. The molecule has 0 heterocycles. The molecule has 2 aromatic carbocycles. The molecular weight excluding hydrogens is 383 g/mol. The first-order valence-corrected chi connectivity index (χ1v) is 7.93. The number of nitro groups is 1. The zero-order valence-corrected chi connectivity index (χ0v) is 14.2. The van der Waals surface area contributed by atoms with Gasteiger partial charge in [0, 0.05) is 23.2 Å². The molecule has 24 heavy (non-hydrogen) atoms. The van der Waals surface area contributed by atoms with Gasteiger partial charge < -0.3 is 15.2 Å². The Morgan fingerprint density at radius 2 is 2.04 bits per heavy atom. The molecule has 0 radical (unpaired) electrons. The van der Waals surface area contributed by atoms with Gasteiger partial charge in [0.1, 0.15) is 0 Å². The highest BCUT2D eigenvalue weighted by atomic mass is 79.9. The van der Waals surface area contributed by atoms with E-state index in [9.17, 15) is 19.6 Å². The lowest BCUT2D eigenvalue weighted by atomic mass is 10.2. The lowest BCUT2D eigenvalue weighted by molar-refractivity contribution is -0.387. The number of hydrogen-bond donors (Lipinski definition) is 2. The summed E-state index contributed by atoms with van der Waals surface area (Å²) in [5.74, 6) is -0.944. The number of halogens is 2. The van der Waals surface area contributed by atoms with Crippen molar-refractivity contribution in [3.05, 3.63) is 68.4 Å². The van der Waals surface area contributed by atoms with Crippen molar-refractivity contribution in [2.45, 2.75) is 12.7 Å². The predicted octanol–water partition coefficient (Wildman–Crippen LogP) is 3.49. The van der Waals surface area contributed by atoms with Crippen molar-refractivity contribution in [2.75, 3.05) is 18.5 Å². The fraction of sp³-hybridized carbons (Fsp3) is 0.250. The molecule has 0 saturated carbocycles. The number of benzene rings is 2. The van der Waals surface area contributed by atoms with Gasteiger partial charge in [0.15, 0.2) is 0 Å². The lowest BCUT2D eigenvalue weighted by Gasteiger charge is -2.14. The highest BCUT2D eigenvalue weighted by Gasteiger charge is 2.17. The van der Waals surface area contributed by atoms with E-state index in [2.05, 4.69) is 21.2 Å². The maximum absolute atomic E-state index is 13.6. The third-order valence-corrected chi connectivity index (χ3v) is 3.84. The van der Waals surface area contributed by atoms with Crippen LogP contribution >= 0.6 is 15.9 Å². The van der Waals surface area contributed by atoms with E-state index in [-0.39, 0.29) is 13.2 Å². The SMILES string of the molecule is O=[N+]([O-])c1cc(Br)c(NC[C@@H](O)COCc2ccccc2)cc1F. The molecule has 2 aromatic rings. The number of nitro benzene ring substituents is 1. The van der Waals surface area contributed by atoms with Crippen molar-refractivity contribution in [1.29, 1.82) is 0 Å². The van der Waals surface area contributed by atoms with Gasteiger partial charge in [0.05, 0.1) is 29.9 Å². The zero-order valence-electron chi connectivity index (χ0n) is 12.6. The van der Waals surface area contributed by atoms with Crippen LogP contribution in [0.2, 0.25) is 0 Å². The Kier molecular flexibility index (Phi) is 6.65. The van der Waals surface area contributed by atoms with Crippen LogP contribution in [0.15, 0.2) is 46.9 Å². The van der Waals surface area contributed by atoms with Gasteiger partial charge in [0.25, 0.3) is 0 Å². The van der Waals surface area contributed by atoms with Crippen molar-refractivity contribution in [3.63, 3.8) is 0 Å². The molecule has 0 aliphatic carbocycles. The van der Waals surface area contributed by atoms with Gasteiger partial charge in [-0.25, -0.2) is 0 Å². The second-order valence-electron chi connectivity index (χ2n) is 5.08. The van der Waals surface area contributed by atoms with Crippen molar-refractivity contribution in [3.8, 4) is 0 Å². The Morgan fingerprint density at radius 3 is 2.71 bits per heavy atom. The summed E-state index contributed by atoms with van der Waals surface area (Å²) < 4.78 is 19.4. The van der Waals surface area contributed by atoms with E-state index in [0.29, 0.717) is 16.8 Å². The fourth-order valence-corrected chi connectivity index (χ4v) is 2.46.